The normalized spacial score (nSPS) is 10.6. The van der Waals surface area contributed by atoms with Gasteiger partial charge in [0.2, 0.25) is 0 Å². The molecule has 0 saturated carbocycles. The highest BCUT2D eigenvalue weighted by Crippen LogP contribution is 2.16. The summed E-state index contributed by atoms with van der Waals surface area (Å²) in [6.07, 6.45) is 4.05. The molecule has 0 saturated heterocycles. The molecule has 0 aliphatic heterocycles. The van der Waals surface area contributed by atoms with E-state index in [1.54, 1.807) is 0 Å². The van der Waals surface area contributed by atoms with Gasteiger partial charge in [-0.15, -0.1) is 0 Å². The number of ether oxygens (including phenoxy) is 1. The van der Waals surface area contributed by atoms with Crippen molar-refractivity contribution in [1.29, 1.82) is 0 Å². The van der Waals surface area contributed by atoms with Crippen molar-refractivity contribution >= 4 is 17.5 Å². The molecule has 2 aromatic carbocycles. The fourth-order valence-corrected chi connectivity index (χ4v) is 3.39. The third kappa shape index (κ3) is 4.97. The minimum atomic E-state index is 0.0707. The second kappa shape index (κ2) is 8.53. The Labute approximate surface area is 152 Å². The van der Waals surface area contributed by atoms with Crippen LogP contribution in [0.25, 0.3) is 0 Å². The number of carbonyl (C=O) groups excluding carboxylic acids is 1. The largest absolute Gasteiger partial charge is 0.486 e. The molecule has 0 unspecified atom stereocenters. The van der Waals surface area contributed by atoms with Gasteiger partial charge in [-0.05, 0) is 29.5 Å². The Hall–Kier alpha value is -2.53. The first-order chi connectivity index (χ1) is 12.2. The molecule has 1 heterocycles. The van der Waals surface area contributed by atoms with E-state index >= 15 is 0 Å². The first-order valence-corrected chi connectivity index (χ1v) is 9.12. The highest BCUT2D eigenvalue weighted by Gasteiger charge is 2.17. The molecule has 0 spiro atoms. The van der Waals surface area contributed by atoms with E-state index in [0.29, 0.717) is 5.75 Å². The van der Waals surface area contributed by atoms with E-state index in [2.05, 4.69) is 16.7 Å². The Morgan fingerprint density at radius 1 is 1.08 bits per heavy atom. The lowest BCUT2D eigenvalue weighted by atomic mass is 10.2. The SMILES string of the molecule is C[n+]1ccn(Cc2ccccc2)c1SCC(=O)COc1ccccc1. The summed E-state index contributed by atoms with van der Waals surface area (Å²) in [5.41, 5.74) is 1.24. The van der Waals surface area contributed by atoms with E-state index in [1.165, 1.54) is 17.3 Å². The van der Waals surface area contributed by atoms with Crippen LogP contribution >= 0.6 is 11.8 Å². The average Bonchev–Trinajstić information content (AvgIpc) is 2.99. The molecule has 0 amide bonds. The van der Waals surface area contributed by atoms with Gasteiger partial charge in [-0.3, -0.25) is 4.79 Å². The highest BCUT2D eigenvalue weighted by atomic mass is 32.2. The number of nitrogens with zero attached hydrogens (tertiary/aromatic N) is 2. The predicted molar refractivity (Wildman–Crippen MR) is 98.8 cm³/mol. The number of aromatic nitrogens is 2. The Morgan fingerprint density at radius 2 is 1.76 bits per heavy atom. The zero-order valence-corrected chi connectivity index (χ0v) is 15.0. The molecule has 128 valence electrons. The molecule has 4 nitrogen and oxygen atoms in total. The topological polar surface area (TPSA) is 35.1 Å². The predicted octanol–water partition coefficient (Wildman–Crippen LogP) is 3.10. The quantitative estimate of drug-likeness (QED) is 0.461. The number of aryl methyl sites for hydroxylation is 1. The minimum Gasteiger partial charge on any atom is -0.486 e. The van der Waals surface area contributed by atoms with Crippen LogP contribution in [0.4, 0.5) is 0 Å². The molecule has 0 radical (unpaired) electrons. The van der Waals surface area contributed by atoms with Gasteiger partial charge in [0.05, 0.1) is 12.8 Å². The van der Waals surface area contributed by atoms with Crippen molar-refractivity contribution in [3.8, 4) is 5.75 Å². The zero-order valence-electron chi connectivity index (χ0n) is 14.2. The first-order valence-electron chi connectivity index (χ1n) is 8.13. The molecule has 3 rings (SSSR count). The van der Waals surface area contributed by atoms with Gasteiger partial charge in [0.25, 0.3) is 0 Å². The number of ketones is 1. The molecular formula is C20H21N2O2S+. The van der Waals surface area contributed by atoms with E-state index in [9.17, 15) is 4.79 Å². The number of rotatable bonds is 8. The fourth-order valence-electron chi connectivity index (χ4n) is 2.46. The summed E-state index contributed by atoms with van der Waals surface area (Å²) in [4.78, 5) is 12.1. The van der Waals surface area contributed by atoms with Gasteiger partial charge in [-0.2, -0.15) is 0 Å². The number of para-hydroxylation sites is 1. The number of hydrogen-bond acceptors (Lipinski definition) is 3. The lowest BCUT2D eigenvalue weighted by Gasteiger charge is -2.05. The summed E-state index contributed by atoms with van der Waals surface area (Å²) in [5, 5.41) is 1.05. The van der Waals surface area contributed by atoms with Crippen LogP contribution in [0.5, 0.6) is 5.75 Å². The molecule has 0 fully saturated rings. The Kier molecular flexibility index (Phi) is 5.90. The maximum absolute atomic E-state index is 12.1. The number of imidazole rings is 1. The minimum absolute atomic E-state index is 0.0707. The fraction of sp³-hybridized carbons (Fsp3) is 0.200. The number of hydrogen-bond donors (Lipinski definition) is 0. The standard InChI is InChI=1S/C20H21N2O2S/c1-21-12-13-22(14-17-8-4-2-5-9-17)20(21)25-16-18(23)15-24-19-10-6-3-7-11-19/h2-13H,14-16H2,1H3/q+1. The lowest BCUT2D eigenvalue weighted by Crippen LogP contribution is -2.29. The summed E-state index contributed by atoms with van der Waals surface area (Å²) in [6.45, 7) is 0.888. The Balaban J connectivity index is 1.56. The van der Waals surface area contributed by atoms with Crippen LogP contribution in [0.2, 0.25) is 0 Å². The number of Topliss-reactive ketones (excluding diaryl/α,β-unsaturated/α-hetero) is 1. The van der Waals surface area contributed by atoms with Crippen LogP contribution in [0, 0.1) is 0 Å². The molecule has 0 N–H and O–H groups in total. The molecule has 0 aliphatic rings. The van der Waals surface area contributed by atoms with E-state index in [1.807, 2.05) is 72.5 Å². The van der Waals surface area contributed by atoms with Crippen LogP contribution in [-0.2, 0) is 18.4 Å². The van der Waals surface area contributed by atoms with Gasteiger partial charge in [0.1, 0.15) is 31.3 Å². The second-order valence-corrected chi connectivity index (χ2v) is 6.68. The van der Waals surface area contributed by atoms with Gasteiger partial charge in [-0.25, -0.2) is 9.13 Å². The van der Waals surface area contributed by atoms with E-state index in [-0.39, 0.29) is 12.4 Å². The third-order valence-corrected chi connectivity index (χ3v) is 4.97. The summed E-state index contributed by atoms with van der Waals surface area (Å²) in [6, 6.07) is 19.7. The number of benzene rings is 2. The van der Waals surface area contributed by atoms with Crippen LogP contribution < -0.4 is 9.30 Å². The summed E-state index contributed by atoms with van der Waals surface area (Å²) in [7, 11) is 1.99. The molecule has 0 atom stereocenters. The number of thioether (sulfide) groups is 1. The summed E-state index contributed by atoms with van der Waals surface area (Å²) >= 11 is 1.54. The zero-order chi connectivity index (χ0) is 17.5. The average molecular weight is 353 g/mol. The van der Waals surface area contributed by atoms with Crippen molar-refractivity contribution in [2.45, 2.75) is 11.7 Å². The van der Waals surface area contributed by atoms with Crippen molar-refractivity contribution in [1.82, 2.24) is 4.57 Å². The monoisotopic (exact) mass is 353 g/mol. The Bertz CT molecular complexity index is 816. The van der Waals surface area contributed by atoms with Crippen molar-refractivity contribution < 1.29 is 14.1 Å². The summed E-state index contributed by atoms with van der Waals surface area (Å²) < 4.78 is 9.72. The van der Waals surface area contributed by atoms with Crippen molar-refractivity contribution in [2.24, 2.45) is 7.05 Å². The van der Waals surface area contributed by atoms with E-state index in [0.717, 1.165) is 17.5 Å². The smallest absolute Gasteiger partial charge is 0.318 e. The maximum Gasteiger partial charge on any atom is 0.318 e. The summed E-state index contributed by atoms with van der Waals surface area (Å²) in [5.74, 6) is 1.18. The van der Waals surface area contributed by atoms with E-state index < -0.39 is 0 Å². The molecule has 0 bridgehead atoms. The van der Waals surface area contributed by atoms with Crippen LogP contribution in [0.1, 0.15) is 5.56 Å². The third-order valence-electron chi connectivity index (χ3n) is 3.72. The first kappa shape index (κ1) is 17.3. The van der Waals surface area contributed by atoms with Gasteiger partial charge >= 0.3 is 5.16 Å². The van der Waals surface area contributed by atoms with Crippen LogP contribution in [0.3, 0.4) is 0 Å². The molecular weight excluding hydrogens is 332 g/mol. The molecule has 25 heavy (non-hydrogen) atoms. The van der Waals surface area contributed by atoms with Crippen LogP contribution in [-0.4, -0.2) is 22.7 Å². The Morgan fingerprint density at radius 3 is 2.48 bits per heavy atom. The van der Waals surface area contributed by atoms with Crippen molar-refractivity contribution in [2.75, 3.05) is 12.4 Å². The molecule has 1 aromatic heterocycles. The van der Waals surface area contributed by atoms with Crippen LogP contribution in [0.15, 0.2) is 78.2 Å². The van der Waals surface area contributed by atoms with Gasteiger partial charge in [0.15, 0.2) is 5.78 Å². The molecule has 0 aliphatic carbocycles. The van der Waals surface area contributed by atoms with Crippen molar-refractivity contribution in [3.05, 3.63) is 78.6 Å². The second-order valence-electron chi connectivity index (χ2n) is 5.73. The van der Waals surface area contributed by atoms with Gasteiger partial charge in [0, 0.05) is 0 Å². The van der Waals surface area contributed by atoms with Crippen molar-refractivity contribution in [3.63, 3.8) is 0 Å². The highest BCUT2D eigenvalue weighted by molar-refractivity contribution is 7.99. The molecule has 5 heteroatoms. The van der Waals surface area contributed by atoms with Gasteiger partial charge in [-0.1, -0.05) is 48.5 Å². The van der Waals surface area contributed by atoms with Gasteiger partial charge < -0.3 is 4.74 Å². The lowest BCUT2D eigenvalue weighted by molar-refractivity contribution is -0.709. The molecule has 3 aromatic rings. The van der Waals surface area contributed by atoms with E-state index in [4.69, 9.17) is 4.74 Å². The number of carbonyl (C=O) groups is 1. The maximum atomic E-state index is 12.1.